The summed E-state index contributed by atoms with van der Waals surface area (Å²) in [7, 11) is 0. The molecule has 0 amide bonds. The lowest BCUT2D eigenvalue weighted by atomic mass is 9.84. The third kappa shape index (κ3) is 17.6. The Morgan fingerprint density at radius 2 is 0.796 bits per heavy atom. The van der Waals surface area contributed by atoms with Crippen molar-refractivity contribution in [2.45, 2.75) is 62.3 Å². The fourth-order valence-electron chi connectivity index (χ4n) is 9.27. The number of aromatic nitrogens is 11. The number of hydrogen-bond donors (Lipinski definition) is 0. The van der Waals surface area contributed by atoms with Crippen LogP contribution in [0.4, 0.5) is 0 Å². The molecule has 9 heterocycles. The van der Waals surface area contributed by atoms with Crippen molar-refractivity contribution in [3.05, 3.63) is 297 Å². The van der Waals surface area contributed by atoms with Crippen molar-refractivity contribution in [2.24, 2.45) is 15.8 Å². The van der Waals surface area contributed by atoms with Crippen LogP contribution in [0.15, 0.2) is 183 Å². The maximum absolute atomic E-state index is 12.7. The summed E-state index contributed by atoms with van der Waals surface area (Å²) < 4.78 is 26.8. The lowest BCUT2D eigenvalue weighted by molar-refractivity contribution is -0.803. The first-order valence-electron chi connectivity index (χ1n) is 31.1. The van der Waals surface area contributed by atoms with Gasteiger partial charge in [0.1, 0.15) is 12.0 Å². The van der Waals surface area contributed by atoms with Crippen molar-refractivity contribution in [1.29, 1.82) is 0 Å². The van der Waals surface area contributed by atoms with E-state index in [0.29, 0.717) is 38.0 Å². The summed E-state index contributed by atoms with van der Waals surface area (Å²) in [4.78, 5) is 128. The molecule has 12 aromatic rings. The molecule has 0 aliphatic carbocycles. The number of carbonyl (C=O) groups is 10. The SMILES string of the molecule is CC(C)(C)C(=O)c1no[n+]([O-])c1C(=O)C(C)(C)C.CC1=CCN=C1C(=O)c1c(C(=O)c2nocc2C)no[n+]1[O-].Cc1ccc(C(=O)c2c(C(=O)c3ccc(Cl)c(Cl)c3)no[n+]2[O-])cc1Cl.O=C(c1ccccc1)c1no[n+]([O-])c1C(=O)c1ccccc1.O=C(c1cccs1)c1no[n+]([O-])c1C(=O)c1cccs1. The number of ketones is 10. The number of halogens is 3. The summed E-state index contributed by atoms with van der Waals surface area (Å²) in [6, 6.07) is 31.6. The van der Waals surface area contributed by atoms with E-state index in [9.17, 15) is 74.0 Å². The molecule has 552 valence electrons. The van der Waals surface area contributed by atoms with Crippen LogP contribution in [-0.4, -0.2) is 101 Å². The van der Waals surface area contributed by atoms with Crippen molar-refractivity contribution in [1.82, 2.24) is 30.9 Å². The van der Waals surface area contributed by atoms with E-state index in [1.165, 1.54) is 59.3 Å². The van der Waals surface area contributed by atoms with Crippen LogP contribution in [-0.2, 0) is 0 Å². The molecule has 4 aromatic carbocycles. The number of hydrogen-bond acceptors (Lipinski definition) is 30. The molecule has 8 aromatic heterocycles. The first-order valence-corrected chi connectivity index (χ1v) is 34.0. The van der Waals surface area contributed by atoms with Crippen molar-refractivity contribution in [3.63, 3.8) is 0 Å². The van der Waals surface area contributed by atoms with Gasteiger partial charge in [-0.15, -0.1) is 22.7 Å². The normalized spacial score (nSPS) is 11.6. The highest BCUT2D eigenvalue weighted by atomic mass is 35.5. The number of aliphatic imine (C=N–C) groups is 1. The summed E-state index contributed by atoms with van der Waals surface area (Å²) in [5.74, 6) is -5.99. The Labute approximate surface area is 630 Å². The van der Waals surface area contributed by atoms with Crippen molar-refractivity contribution in [3.8, 4) is 0 Å². The summed E-state index contributed by atoms with van der Waals surface area (Å²) in [6.07, 6.45) is 3.01. The quantitative estimate of drug-likeness (QED) is 0.0569. The molecule has 0 N–H and O–H groups in total. The zero-order valence-corrected chi connectivity index (χ0v) is 61.4. The summed E-state index contributed by atoms with van der Waals surface area (Å²) in [6.45, 7) is 15.4. The molecular formula is C70H53Cl3N12O21S2. The highest BCUT2D eigenvalue weighted by molar-refractivity contribution is 7.12. The molecule has 1 aliphatic heterocycles. The number of thiophene rings is 2. The molecule has 0 saturated heterocycles. The first-order chi connectivity index (χ1) is 51.1. The monoisotopic (exact) mass is 1570 g/mol. The Morgan fingerprint density at radius 3 is 1.24 bits per heavy atom. The molecule has 108 heavy (non-hydrogen) atoms. The van der Waals surface area contributed by atoms with Crippen LogP contribution in [0.1, 0.15) is 202 Å². The Hall–Kier alpha value is -12.8. The second kappa shape index (κ2) is 33.5. The van der Waals surface area contributed by atoms with Gasteiger partial charge in [-0.3, -0.25) is 76.1 Å². The highest BCUT2D eigenvalue weighted by Gasteiger charge is 2.43. The average Bonchev–Trinajstić information content (AvgIpc) is 1.61. The van der Waals surface area contributed by atoms with Gasteiger partial charge in [0.2, 0.25) is 34.7 Å². The van der Waals surface area contributed by atoms with Gasteiger partial charge in [-0.1, -0.05) is 173 Å². The summed E-state index contributed by atoms with van der Waals surface area (Å²) in [5, 5.41) is 83.2. The Balaban J connectivity index is 0.000000157. The lowest BCUT2D eigenvalue weighted by Crippen LogP contribution is -2.38. The lowest BCUT2D eigenvalue weighted by Gasteiger charge is -2.16. The number of carbonyl (C=O) groups excluding carboxylic acids is 10. The second-order valence-electron chi connectivity index (χ2n) is 24.6. The zero-order chi connectivity index (χ0) is 78.8. The molecule has 0 atom stereocenters. The van der Waals surface area contributed by atoms with Crippen LogP contribution in [0.5, 0.6) is 0 Å². The van der Waals surface area contributed by atoms with Crippen LogP contribution < -0.4 is 24.5 Å². The van der Waals surface area contributed by atoms with Crippen LogP contribution in [0.25, 0.3) is 0 Å². The minimum atomic E-state index is -0.787. The van der Waals surface area contributed by atoms with Crippen LogP contribution in [0, 0.1) is 50.7 Å². The summed E-state index contributed by atoms with van der Waals surface area (Å²) in [5.41, 5.74) is -2.57. The number of Topliss-reactive ketones (excluding diaryl/α,β-unsaturated/α-hetero) is 3. The topological polar surface area (TPSA) is 474 Å². The van der Waals surface area contributed by atoms with E-state index in [-0.39, 0.29) is 91.1 Å². The van der Waals surface area contributed by atoms with Crippen molar-refractivity contribution >= 4 is 121 Å². The number of benzene rings is 4. The largest absolute Gasteiger partial charge is 0.364 e. The Bertz CT molecular complexity index is 5530. The van der Waals surface area contributed by atoms with Gasteiger partial charge in [-0.2, -0.15) is 0 Å². The molecule has 0 radical (unpaired) electrons. The number of nitrogens with zero attached hydrogens (tertiary/aromatic N) is 12. The molecule has 13 rings (SSSR count). The summed E-state index contributed by atoms with van der Waals surface area (Å²) >= 11 is 20.1. The Kier molecular flexibility index (Phi) is 24.6. The van der Waals surface area contributed by atoms with E-state index in [0.717, 1.165) is 5.56 Å². The Morgan fingerprint density at radius 1 is 0.389 bits per heavy atom. The van der Waals surface area contributed by atoms with Crippen molar-refractivity contribution < 1.29 is 100 Å². The fraction of sp³-hybridized carbons (Fsp3) is 0.171. The van der Waals surface area contributed by atoms with E-state index >= 15 is 0 Å². The van der Waals surface area contributed by atoms with Gasteiger partial charge in [0, 0.05) is 43.7 Å². The van der Waals surface area contributed by atoms with E-state index in [2.05, 4.69) is 63.6 Å². The molecule has 33 nitrogen and oxygen atoms in total. The maximum Gasteiger partial charge on any atom is 0.302 e. The van der Waals surface area contributed by atoms with E-state index in [1.807, 2.05) is 0 Å². The van der Waals surface area contributed by atoms with E-state index in [4.69, 9.17) is 34.8 Å². The third-order valence-corrected chi connectivity index (χ3v) is 17.8. The van der Waals surface area contributed by atoms with Crippen LogP contribution in [0.2, 0.25) is 15.1 Å². The molecule has 0 saturated carbocycles. The highest BCUT2D eigenvalue weighted by Crippen LogP contribution is 2.29. The minimum absolute atomic E-state index is 0.00650. The molecular weight excluding hydrogens is 1520 g/mol. The fourth-order valence-corrected chi connectivity index (χ4v) is 11.1. The smallest absolute Gasteiger partial charge is 0.302 e. The van der Waals surface area contributed by atoms with Crippen LogP contribution in [0.3, 0.4) is 0 Å². The number of allylic oxidation sites excluding steroid dienone is 1. The first kappa shape index (κ1) is 79.3. The van der Waals surface area contributed by atoms with E-state index in [1.54, 1.807) is 170 Å². The van der Waals surface area contributed by atoms with Gasteiger partial charge >= 0.3 is 11.4 Å². The van der Waals surface area contributed by atoms with E-state index < -0.39 is 97.1 Å². The molecule has 0 bridgehead atoms. The molecule has 0 fully saturated rings. The predicted octanol–water partition coefficient (Wildman–Crippen LogP) is 9.89. The second-order valence-corrected chi connectivity index (χ2v) is 27.7. The third-order valence-electron chi connectivity index (χ3n) is 15.0. The van der Waals surface area contributed by atoms with Gasteiger partial charge in [0.15, 0.2) is 5.69 Å². The molecule has 1 aliphatic rings. The maximum atomic E-state index is 12.7. The van der Waals surface area contributed by atoms with Gasteiger partial charge in [0.05, 0.1) is 52.1 Å². The zero-order valence-electron chi connectivity index (χ0n) is 57.5. The van der Waals surface area contributed by atoms with Gasteiger partial charge in [0.25, 0.3) is 68.7 Å². The molecule has 0 unspecified atom stereocenters. The average molecular weight is 1570 g/mol. The molecule has 0 spiro atoms. The minimum Gasteiger partial charge on any atom is -0.364 e. The number of rotatable bonds is 18. The number of aryl methyl sites for hydroxylation is 2. The standard InChI is InChI=1S/C17H9Cl3N2O4.C16H10N2O4.C13H10N4O5.C12H6N2O4S2.C12H18N2O4/c1-8-2-3-10(6-12(8)19)17(24)15-14(21-26-22(15)25)16(23)9-4-5-11(18)13(20)7-9;19-15(11-7-3-1-4-8-11)13-14(18(21)22-17-13)16(20)12-9-5-2-6-10-12;1-6-3-4-14-8(6)13(19)11-10(16-22-17(11)20)12(18)9-7(2)5-21-15-9;15-11(7-3-1-5-19-7)9-10(14(17)18-13-9)12(16)8-4-2-6-20-8;1-11(2,3)9(15)7-8(14(17)18-13-7)10(16)12(4,5)6/h2-7H,1H3;1-10H;3,5H,4H2,1-2H3;1-6H;1-6H3. The van der Waals surface area contributed by atoms with Crippen molar-refractivity contribution in [2.75, 3.05) is 6.54 Å². The van der Waals surface area contributed by atoms with Gasteiger partial charge in [-0.25, -0.2) is 0 Å². The van der Waals surface area contributed by atoms with Gasteiger partial charge in [-0.05, 0) is 104 Å². The van der Waals surface area contributed by atoms with Gasteiger partial charge < -0.3 is 30.6 Å². The molecule has 38 heteroatoms. The van der Waals surface area contributed by atoms with Crippen LogP contribution >= 0.6 is 57.5 Å². The predicted molar refractivity (Wildman–Crippen MR) is 375 cm³/mol.